The maximum Gasteiger partial charge on any atom is 0.300 e. The smallest absolute Gasteiger partial charge is 0.300 e. The van der Waals surface area contributed by atoms with Gasteiger partial charge in [-0.1, -0.05) is 45.0 Å². The van der Waals surface area contributed by atoms with Crippen molar-refractivity contribution in [3.05, 3.63) is 105 Å². The molecule has 0 aromatic heterocycles. The predicted molar refractivity (Wildman–Crippen MR) is 136 cm³/mol. The average molecular weight is 487 g/mol. The van der Waals surface area contributed by atoms with Crippen molar-refractivity contribution in [2.24, 2.45) is 0 Å². The number of carbonyl (C=O) groups is 2. The van der Waals surface area contributed by atoms with E-state index in [1.54, 1.807) is 24.3 Å². The monoisotopic (exact) mass is 486 g/mol. The molecule has 4 rings (SSSR count). The van der Waals surface area contributed by atoms with Crippen molar-refractivity contribution in [1.82, 2.24) is 0 Å². The summed E-state index contributed by atoms with van der Waals surface area (Å²) in [4.78, 5) is 38.4. The molecule has 0 saturated carbocycles. The van der Waals surface area contributed by atoms with Gasteiger partial charge >= 0.3 is 0 Å². The lowest BCUT2D eigenvalue weighted by molar-refractivity contribution is -0.384. The fraction of sp³-hybridized carbons (Fsp3) is 0.214. The molecule has 3 aromatic rings. The summed E-state index contributed by atoms with van der Waals surface area (Å²) in [5, 5.41) is 22.2. The molecule has 8 nitrogen and oxygen atoms in total. The fourth-order valence-corrected chi connectivity index (χ4v) is 4.22. The summed E-state index contributed by atoms with van der Waals surface area (Å²) in [6.07, 6.45) is 0. The third-order valence-corrected chi connectivity index (χ3v) is 6.24. The van der Waals surface area contributed by atoms with Gasteiger partial charge in [0, 0.05) is 23.4 Å². The number of aliphatic hydroxyl groups is 1. The van der Waals surface area contributed by atoms with Gasteiger partial charge < -0.3 is 9.84 Å². The molecule has 1 fully saturated rings. The molecule has 0 aliphatic carbocycles. The first-order valence-electron chi connectivity index (χ1n) is 11.3. The summed E-state index contributed by atoms with van der Waals surface area (Å²) in [5.74, 6) is -1.43. The maximum atomic E-state index is 13.3. The summed E-state index contributed by atoms with van der Waals surface area (Å²) in [5.41, 5.74) is 2.03. The normalized spacial score (nSPS) is 17.3. The lowest BCUT2D eigenvalue weighted by Crippen LogP contribution is -2.29. The van der Waals surface area contributed by atoms with Gasteiger partial charge in [-0.15, -0.1) is 0 Å². The SMILES string of the molecule is COc1ccc(N2C(=O)C(=O)/C(=C(\O)c3ccc([N+](=O)[O-])cc3)C2c2ccc(C(C)(C)C)cc2)cc1. The van der Waals surface area contributed by atoms with Gasteiger partial charge in [0.1, 0.15) is 11.5 Å². The first kappa shape index (κ1) is 24.7. The first-order valence-corrected chi connectivity index (χ1v) is 11.3. The predicted octanol–water partition coefficient (Wildman–Crippen LogP) is 5.53. The number of carbonyl (C=O) groups excluding carboxylic acids is 2. The number of aliphatic hydroxyl groups excluding tert-OH is 1. The number of Topliss-reactive ketones (excluding diaryl/α,β-unsaturated/α-hetero) is 1. The number of amides is 1. The van der Waals surface area contributed by atoms with Crippen LogP contribution in [0.4, 0.5) is 11.4 Å². The van der Waals surface area contributed by atoms with E-state index in [1.165, 1.54) is 36.3 Å². The minimum Gasteiger partial charge on any atom is -0.507 e. The Morgan fingerprint density at radius 2 is 1.53 bits per heavy atom. The molecule has 1 heterocycles. The average Bonchev–Trinajstić information content (AvgIpc) is 3.13. The summed E-state index contributed by atoms with van der Waals surface area (Å²) < 4.78 is 5.21. The van der Waals surface area contributed by atoms with Crippen LogP contribution in [0.3, 0.4) is 0 Å². The molecule has 1 atom stereocenters. The molecule has 184 valence electrons. The van der Waals surface area contributed by atoms with E-state index in [4.69, 9.17) is 4.74 Å². The van der Waals surface area contributed by atoms with Gasteiger partial charge in [0.2, 0.25) is 0 Å². The molecule has 8 heteroatoms. The van der Waals surface area contributed by atoms with Crippen LogP contribution in [0.5, 0.6) is 5.75 Å². The van der Waals surface area contributed by atoms with E-state index in [-0.39, 0.29) is 22.2 Å². The van der Waals surface area contributed by atoms with Crippen molar-refractivity contribution in [3.8, 4) is 5.75 Å². The second-order valence-electron chi connectivity index (χ2n) is 9.54. The number of nitro groups is 1. The Balaban J connectivity index is 1.89. The van der Waals surface area contributed by atoms with Gasteiger partial charge in [-0.05, 0) is 52.9 Å². The van der Waals surface area contributed by atoms with E-state index in [0.717, 1.165) is 5.56 Å². The van der Waals surface area contributed by atoms with Crippen LogP contribution >= 0.6 is 0 Å². The topological polar surface area (TPSA) is 110 Å². The zero-order chi connectivity index (χ0) is 26.2. The van der Waals surface area contributed by atoms with E-state index in [2.05, 4.69) is 20.8 Å². The Kier molecular flexibility index (Phi) is 6.37. The summed E-state index contributed by atoms with van der Waals surface area (Å²) in [6.45, 7) is 6.25. The molecule has 36 heavy (non-hydrogen) atoms. The van der Waals surface area contributed by atoms with Crippen molar-refractivity contribution < 1.29 is 24.4 Å². The van der Waals surface area contributed by atoms with Crippen molar-refractivity contribution in [3.63, 3.8) is 0 Å². The Morgan fingerprint density at radius 3 is 2.03 bits per heavy atom. The van der Waals surface area contributed by atoms with E-state index in [1.807, 2.05) is 24.3 Å². The largest absolute Gasteiger partial charge is 0.507 e. The Labute approximate surface area is 208 Å². The quantitative estimate of drug-likeness (QED) is 0.167. The highest BCUT2D eigenvalue weighted by atomic mass is 16.6. The molecule has 1 unspecified atom stereocenters. The van der Waals surface area contributed by atoms with Crippen molar-refractivity contribution >= 4 is 28.8 Å². The number of methoxy groups -OCH3 is 1. The van der Waals surface area contributed by atoms with E-state index in [0.29, 0.717) is 17.0 Å². The Hall–Kier alpha value is -4.46. The molecule has 1 saturated heterocycles. The van der Waals surface area contributed by atoms with Crippen molar-refractivity contribution in [2.75, 3.05) is 12.0 Å². The molecule has 0 radical (unpaired) electrons. The van der Waals surface area contributed by atoms with Crippen LogP contribution < -0.4 is 9.64 Å². The molecule has 1 aliphatic rings. The molecular weight excluding hydrogens is 460 g/mol. The first-order chi connectivity index (χ1) is 17.0. The molecule has 1 amide bonds. The molecule has 0 bridgehead atoms. The highest BCUT2D eigenvalue weighted by Crippen LogP contribution is 2.43. The van der Waals surface area contributed by atoms with E-state index in [9.17, 15) is 24.8 Å². The number of hydrogen-bond acceptors (Lipinski definition) is 6. The molecule has 0 spiro atoms. The number of anilines is 1. The van der Waals surface area contributed by atoms with Crippen LogP contribution in [0.2, 0.25) is 0 Å². The van der Waals surface area contributed by atoms with Crippen LogP contribution in [-0.4, -0.2) is 28.8 Å². The van der Waals surface area contributed by atoms with Gasteiger partial charge in [-0.25, -0.2) is 0 Å². The molecule has 3 aromatic carbocycles. The summed E-state index contributed by atoms with van der Waals surface area (Å²) in [7, 11) is 1.53. The number of ketones is 1. The number of nitro benzene ring substituents is 1. The number of rotatable bonds is 5. The highest BCUT2D eigenvalue weighted by molar-refractivity contribution is 6.51. The zero-order valence-electron chi connectivity index (χ0n) is 20.4. The Morgan fingerprint density at radius 1 is 0.944 bits per heavy atom. The summed E-state index contributed by atoms with van der Waals surface area (Å²) in [6, 6.07) is 18.6. The maximum absolute atomic E-state index is 13.3. The van der Waals surface area contributed by atoms with Crippen LogP contribution in [0.1, 0.15) is 43.5 Å². The van der Waals surface area contributed by atoms with Gasteiger partial charge in [-0.2, -0.15) is 0 Å². The van der Waals surface area contributed by atoms with Crippen molar-refractivity contribution in [1.29, 1.82) is 0 Å². The van der Waals surface area contributed by atoms with Gasteiger partial charge in [0.15, 0.2) is 0 Å². The third kappa shape index (κ3) is 4.45. The van der Waals surface area contributed by atoms with Crippen LogP contribution in [0.25, 0.3) is 5.76 Å². The fourth-order valence-electron chi connectivity index (χ4n) is 4.22. The van der Waals surface area contributed by atoms with Gasteiger partial charge in [-0.3, -0.25) is 24.6 Å². The van der Waals surface area contributed by atoms with Crippen LogP contribution in [0.15, 0.2) is 78.4 Å². The van der Waals surface area contributed by atoms with Gasteiger partial charge in [0.25, 0.3) is 17.4 Å². The van der Waals surface area contributed by atoms with Gasteiger partial charge in [0.05, 0.1) is 23.6 Å². The number of hydrogen-bond donors (Lipinski definition) is 1. The van der Waals surface area contributed by atoms with E-state index < -0.39 is 28.4 Å². The number of ether oxygens (including phenoxy) is 1. The standard InChI is InChI=1S/C28H26N2O6/c1-28(2,3)19-9-5-17(6-10-19)24-23(25(31)18-7-11-21(12-8-18)30(34)35)26(32)27(33)29(24)20-13-15-22(36-4)16-14-20/h5-16,24,31H,1-4H3/b25-23-. The minimum absolute atomic E-state index is 0.0896. The minimum atomic E-state index is -0.900. The lowest BCUT2D eigenvalue weighted by Gasteiger charge is -2.26. The highest BCUT2D eigenvalue weighted by Gasteiger charge is 2.47. The second kappa shape index (κ2) is 9.30. The van der Waals surface area contributed by atoms with Crippen molar-refractivity contribution in [2.45, 2.75) is 32.2 Å². The zero-order valence-corrected chi connectivity index (χ0v) is 20.4. The summed E-state index contributed by atoms with van der Waals surface area (Å²) >= 11 is 0. The molecule has 1 aliphatic heterocycles. The Bertz CT molecular complexity index is 1350. The third-order valence-electron chi connectivity index (χ3n) is 6.24. The number of non-ortho nitro benzene ring substituents is 1. The van der Waals surface area contributed by atoms with Crippen LogP contribution in [0, 0.1) is 10.1 Å². The molecule has 1 N–H and O–H groups in total. The van der Waals surface area contributed by atoms with Crippen LogP contribution in [-0.2, 0) is 15.0 Å². The van der Waals surface area contributed by atoms with E-state index >= 15 is 0 Å². The molecular formula is C28H26N2O6. The second-order valence-corrected chi connectivity index (χ2v) is 9.54. The lowest BCUT2D eigenvalue weighted by atomic mass is 9.85. The number of benzene rings is 3. The number of nitrogens with zero attached hydrogens (tertiary/aromatic N) is 2.